The summed E-state index contributed by atoms with van der Waals surface area (Å²) in [7, 11) is 1.80. The number of halogens is 2. The summed E-state index contributed by atoms with van der Waals surface area (Å²) in [4.78, 5) is 1.74. The van der Waals surface area contributed by atoms with Crippen molar-refractivity contribution in [2.75, 3.05) is 7.05 Å². The van der Waals surface area contributed by atoms with Gasteiger partial charge in [-0.15, -0.1) is 0 Å². The zero-order chi connectivity index (χ0) is 10.2. The molecule has 1 rings (SSSR count). The first kappa shape index (κ1) is 10.6. The van der Waals surface area contributed by atoms with E-state index in [4.69, 9.17) is 11.6 Å². The van der Waals surface area contributed by atoms with Crippen LogP contribution in [0.3, 0.4) is 0 Å². The van der Waals surface area contributed by atoms with Gasteiger partial charge in [0.25, 0.3) is 0 Å². The fraction of sp³-hybridized carbons (Fsp3) is 0.600. The lowest BCUT2D eigenvalue weighted by Gasteiger charge is -2.40. The summed E-state index contributed by atoms with van der Waals surface area (Å²) >= 11 is 5.94. The number of nitrogens with zero attached hydrogens (tertiary/aromatic N) is 1. The number of alkyl halides is 1. The summed E-state index contributed by atoms with van der Waals surface area (Å²) in [6.07, 6.45) is 3.45. The first-order chi connectivity index (χ1) is 5.91. The van der Waals surface area contributed by atoms with Gasteiger partial charge in [-0.3, -0.25) is 0 Å². The van der Waals surface area contributed by atoms with E-state index in [0.29, 0.717) is 10.7 Å². The monoisotopic (exact) mass is 203 g/mol. The second kappa shape index (κ2) is 3.33. The Morgan fingerprint density at radius 1 is 1.69 bits per heavy atom. The maximum Gasteiger partial charge on any atom is 0.152 e. The highest BCUT2D eigenvalue weighted by atomic mass is 35.5. The molecule has 0 N–H and O–H groups in total. The largest absolute Gasteiger partial charge is 0.359 e. The van der Waals surface area contributed by atoms with Crippen LogP contribution in [0, 0.1) is 0 Å². The Morgan fingerprint density at radius 2 is 2.23 bits per heavy atom. The molecule has 1 nitrogen and oxygen atoms in total. The molecule has 1 aliphatic heterocycles. The molecule has 0 bridgehead atoms. The molecule has 13 heavy (non-hydrogen) atoms. The van der Waals surface area contributed by atoms with Crippen LogP contribution < -0.4 is 0 Å². The minimum Gasteiger partial charge on any atom is -0.359 e. The zero-order valence-corrected chi connectivity index (χ0v) is 9.19. The van der Waals surface area contributed by atoms with Crippen LogP contribution >= 0.6 is 11.6 Å². The Hall–Kier alpha value is -0.500. The van der Waals surface area contributed by atoms with Gasteiger partial charge in [-0.05, 0) is 32.4 Å². The van der Waals surface area contributed by atoms with E-state index in [-0.39, 0.29) is 6.04 Å². The van der Waals surface area contributed by atoms with Crippen molar-refractivity contribution >= 4 is 11.6 Å². The fourth-order valence-corrected chi connectivity index (χ4v) is 1.79. The predicted octanol–water partition coefficient (Wildman–Crippen LogP) is 3.08. The average Bonchev–Trinajstić information content (AvgIpc) is 2.08. The third-order valence-corrected chi connectivity index (χ3v) is 3.23. The SMILES string of the molecule is C/C=C1/C=C(Cl)N(C)C(C)C1(C)F. The van der Waals surface area contributed by atoms with Crippen molar-refractivity contribution in [2.24, 2.45) is 0 Å². The molecule has 0 aromatic rings. The van der Waals surface area contributed by atoms with Crippen molar-refractivity contribution in [2.45, 2.75) is 32.5 Å². The molecule has 74 valence electrons. The maximum atomic E-state index is 14.1. The molecule has 0 aliphatic carbocycles. The van der Waals surface area contributed by atoms with Crippen LogP contribution in [-0.2, 0) is 0 Å². The van der Waals surface area contributed by atoms with Gasteiger partial charge < -0.3 is 4.90 Å². The minimum atomic E-state index is -1.32. The summed E-state index contributed by atoms with van der Waals surface area (Å²) in [6, 6.07) is -0.226. The molecule has 0 spiro atoms. The van der Waals surface area contributed by atoms with Gasteiger partial charge >= 0.3 is 0 Å². The van der Waals surface area contributed by atoms with Gasteiger partial charge in [-0.2, -0.15) is 0 Å². The molecule has 0 saturated heterocycles. The molecule has 0 aromatic heterocycles. The van der Waals surface area contributed by atoms with Gasteiger partial charge in [0.2, 0.25) is 0 Å². The summed E-state index contributed by atoms with van der Waals surface area (Å²) < 4.78 is 14.1. The fourth-order valence-electron chi connectivity index (χ4n) is 1.53. The Labute approximate surface area is 83.9 Å². The summed E-state index contributed by atoms with van der Waals surface area (Å²) in [5.41, 5.74) is -0.662. The van der Waals surface area contributed by atoms with Crippen LogP contribution in [0.2, 0.25) is 0 Å². The van der Waals surface area contributed by atoms with Gasteiger partial charge in [-0.25, -0.2) is 4.39 Å². The number of rotatable bonds is 0. The van der Waals surface area contributed by atoms with Gasteiger partial charge in [-0.1, -0.05) is 17.7 Å². The molecule has 1 heterocycles. The highest BCUT2D eigenvalue weighted by molar-refractivity contribution is 6.29. The van der Waals surface area contributed by atoms with Crippen LogP contribution in [0.25, 0.3) is 0 Å². The van der Waals surface area contributed by atoms with Gasteiger partial charge in [0.05, 0.1) is 6.04 Å². The highest BCUT2D eigenvalue weighted by Gasteiger charge is 2.40. The van der Waals surface area contributed by atoms with E-state index in [1.54, 1.807) is 31.0 Å². The van der Waals surface area contributed by atoms with Crippen molar-refractivity contribution in [3.05, 3.63) is 22.9 Å². The van der Waals surface area contributed by atoms with Crippen molar-refractivity contribution in [1.29, 1.82) is 0 Å². The molecule has 2 atom stereocenters. The van der Waals surface area contributed by atoms with Crippen molar-refractivity contribution in [1.82, 2.24) is 4.90 Å². The lowest BCUT2D eigenvalue weighted by atomic mass is 9.87. The van der Waals surface area contributed by atoms with Gasteiger partial charge in [0.1, 0.15) is 5.16 Å². The van der Waals surface area contributed by atoms with Crippen LogP contribution in [0.4, 0.5) is 4.39 Å². The van der Waals surface area contributed by atoms with Crippen LogP contribution in [0.1, 0.15) is 20.8 Å². The summed E-state index contributed by atoms with van der Waals surface area (Å²) in [5.74, 6) is 0. The van der Waals surface area contributed by atoms with E-state index in [0.717, 1.165) is 0 Å². The average molecular weight is 204 g/mol. The molecule has 0 aromatic carbocycles. The molecule has 0 radical (unpaired) electrons. The molecule has 2 unspecified atom stereocenters. The van der Waals surface area contributed by atoms with E-state index in [9.17, 15) is 4.39 Å². The van der Waals surface area contributed by atoms with Crippen LogP contribution in [-0.4, -0.2) is 23.7 Å². The first-order valence-electron chi connectivity index (χ1n) is 4.37. The molecular weight excluding hydrogens is 189 g/mol. The zero-order valence-electron chi connectivity index (χ0n) is 8.44. The maximum absolute atomic E-state index is 14.1. The normalized spacial score (nSPS) is 38.0. The minimum absolute atomic E-state index is 0.226. The molecule has 3 heteroatoms. The first-order valence-corrected chi connectivity index (χ1v) is 4.74. The molecule has 0 saturated carbocycles. The molecular formula is C10H15ClFN. The Bertz CT molecular complexity index is 268. The Morgan fingerprint density at radius 3 is 2.69 bits per heavy atom. The quantitative estimate of drug-likeness (QED) is 0.547. The second-order valence-electron chi connectivity index (χ2n) is 3.57. The lowest BCUT2D eigenvalue weighted by molar-refractivity contribution is 0.113. The standard InChI is InChI=1S/C10H15ClFN/c1-5-8-6-9(11)13(4)7(2)10(8,3)12/h5-7H,1-4H3/b8-5-. The van der Waals surface area contributed by atoms with Crippen LogP contribution in [0.5, 0.6) is 0 Å². The number of hydrogen-bond donors (Lipinski definition) is 0. The van der Waals surface area contributed by atoms with E-state index < -0.39 is 5.67 Å². The smallest absolute Gasteiger partial charge is 0.152 e. The summed E-state index contributed by atoms with van der Waals surface area (Å²) in [6.45, 7) is 5.24. The Kier molecular flexibility index (Phi) is 2.71. The van der Waals surface area contributed by atoms with Crippen LogP contribution in [0.15, 0.2) is 22.9 Å². The van der Waals surface area contributed by atoms with E-state index >= 15 is 0 Å². The van der Waals surface area contributed by atoms with Gasteiger partial charge in [0, 0.05) is 7.05 Å². The topological polar surface area (TPSA) is 3.24 Å². The molecule has 0 fully saturated rings. The van der Waals surface area contributed by atoms with Crippen molar-refractivity contribution in [3.8, 4) is 0 Å². The van der Waals surface area contributed by atoms with Crippen molar-refractivity contribution in [3.63, 3.8) is 0 Å². The second-order valence-corrected chi connectivity index (χ2v) is 3.96. The van der Waals surface area contributed by atoms with E-state index in [1.165, 1.54) is 0 Å². The molecule has 1 aliphatic rings. The number of hydrogen-bond acceptors (Lipinski definition) is 1. The lowest BCUT2D eigenvalue weighted by Crippen LogP contribution is -2.47. The van der Waals surface area contributed by atoms with E-state index in [2.05, 4.69) is 0 Å². The Balaban J connectivity index is 3.16. The van der Waals surface area contributed by atoms with Gasteiger partial charge in [0.15, 0.2) is 5.67 Å². The third-order valence-electron chi connectivity index (χ3n) is 2.85. The highest BCUT2D eigenvalue weighted by Crippen LogP contribution is 2.36. The predicted molar refractivity (Wildman–Crippen MR) is 54.4 cm³/mol. The van der Waals surface area contributed by atoms with E-state index in [1.807, 2.05) is 13.8 Å². The molecule has 0 amide bonds. The van der Waals surface area contributed by atoms with Crippen molar-refractivity contribution < 1.29 is 4.39 Å². The number of allylic oxidation sites excluding steroid dienone is 2. The third kappa shape index (κ3) is 1.60. The summed E-state index contributed by atoms with van der Waals surface area (Å²) in [5, 5.41) is 0.593.